The predicted octanol–water partition coefficient (Wildman–Crippen LogP) is 2.30. The number of rotatable bonds is 4. The Morgan fingerprint density at radius 1 is 1.61 bits per heavy atom. The van der Waals surface area contributed by atoms with E-state index in [9.17, 15) is 9.90 Å². The van der Waals surface area contributed by atoms with Gasteiger partial charge in [0.1, 0.15) is 0 Å². The van der Waals surface area contributed by atoms with Gasteiger partial charge in [0.25, 0.3) is 0 Å². The summed E-state index contributed by atoms with van der Waals surface area (Å²) in [4.78, 5) is 13.6. The fourth-order valence-electron chi connectivity index (χ4n) is 2.26. The van der Waals surface area contributed by atoms with Crippen LogP contribution in [0.5, 0.6) is 0 Å². The molecule has 2 N–H and O–H groups in total. The number of aryl methyl sites for hydroxylation is 1. The van der Waals surface area contributed by atoms with E-state index in [0.717, 1.165) is 19.3 Å². The van der Waals surface area contributed by atoms with E-state index in [1.807, 2.05) is 13.8 Å². The summed E-state index contributed by atoms with van der Waals surface area (Å²) in [6.45, 7) is 4.51. The van der Waals surface area contributed by atoms with Gasteiger partial charge in [-0.3, -0.25) is 4.79 Å². The normalized spacial score (nSPS) is 19.4. The average Bonchev–Trinajstić information content (AvgIpc) is 2.84. The van der Waals surface area contributed by atoms with E-state index < -0.39 is 0 Å². The van der Waals surface area contributed by atoms with Gasteiger partial charge in [-0.15, -0.1) is 11.3 Å². The van der Waals surface area contributed by atoms with E-state index in [4.69, 9.17) is 0 Å². The number of carbonyl (C=O) groups is 1. The van der Waals surface area contributed by atoms with Crippen LogP contribution in [0, 0.1) is 5.41 Å². The smallest absolute Gasteiger partial charge is 0.227 e. The van der Waals surface area contributed by atoms with Gasteiger partial charge in [0.2, 0.25) is 5.91 Å². The molecule has 0 bridgehead atoms. The maximum atomic E-state index is 12.2. The zero-order valence-electron chi connectivity index (χ0n) is 11.0. The predicted molar refractivity (Wildman–Crippen MR) is 73.9 cm³/mol. The lowest BCUT2D eigenvalue weighted by Crippen LogP contribution is -2.39. The highest BCUT2D eigenvalue weighted by molar-refractivity contribution is 7.10. The van der Waals surface area contributed by atoms with Crippen LogP contribution in [0.2, 0.25) is 0 Å². The second kappa shape index (κ2) is 5.41. The van der Waals surface area contributed by atoms with Crippen molar-refractivity contribution in [2.75, 3.05) is 13.2 Å². The Hall–Kier alpha value is -0.870. The Morgan fingerprint density at radius 3 is 3.11 bits per heavy atom. The molecule has 0 saturated carbocycles. The van der Waals surface area contributed by atoms with Crippen LogP contribution >= 0.6 is 11.3 Å². The van der Waals surface area contributed by atoms with Gasteiger partial charge in [-0.2, -0.15) is 0 Å². The molecule has 0 aliphatic heterocycles. The van der Waals surface area contributed by atoms with E-state index in [0.29, 0.717) is 6.54 Å². The highest BCUT2D eigenvalue weighted by Crippen LogP contribution is 2.35. The summed E-state index contributed by atoms with van der Waals surface area (Å²) in [5, 5.41) is 14.2. The average molecular weight is 267 g/mol. The van der Waals surface area contributed by atoms with Crippen LogP contribution in [0.4, 0.5) is 0 Å². The molecule has 0 saturated heterocycles. The number of carbonyl (C=O) groups excluding carboxylic acids is 1. The molecule has 4 heteroatoms. The van der Waals surface area contributed by atoms with Crippen molar-refractivity contribution in [2.45, 2.75) is 39.0 Å². The van der Waals surface area contributed by atoms with Crippen molar-refractivity contribution in [3.8, 4) is 0 Å². The van der Waals surface area contributed by atoms with Crippen molar-refractivity contribution in [3.63, 3.8) is 0 Å². The Kier molecular flexibility index (Phi) is 4.07. The van der Waals surface area contributed by atoms with Crippen LogP contribution in [0.3, 0.4) is 0 Å². The lowest BCUT2D eigenvalue weighted by atomic mass is 9.86. The maximum Gasteiger partial charge on any atom is 0.227 e. The van der Waals surface area contributed by atoms with Crippen LogP contribution in [0.1, 0.15) is 43.0 Å². The van der Waals surface area contributed by atoms with Crippen LogP contribution in [0.25, 0.3) is 0 Å². The molecule has 3 nitrogen and oxygen atoms in total. The summed E-state index contributed by atoms with van der Waals surface area (Å²) < 4.78 is 0. The van der Waals surface area contributed by atoms with E-state index in [1.54, 1.807) is 11.3 Å². The lowest BCUT2D eigenvalue weighted by Gasteiger charge is -2.26. The van der Waals surface area contributed by atoms with Crippen molar-refractivity contribution in [3.05, 3.63) is 21.9 Å². The SMILES string of the molecule is CC(C)(CO)CNC(=O)C1CCCc2sccc21. The van der Waals surface area contributed by atoms with Gasteiger partial charge >= 0.3 is 0 Å². The first-order valence-electron chi connectivity index (χ1n) is 6.48. The summed E-state index contributed by atoms with van der Waals surface area (Å²) in [7, 11) is 0. The van der Waals surface area contributed by atoms with Gasteiger partial charge in [0, 0.05) is 23.4 Å². The van der Waals surface area contributed by atoms with Crippen LogP contribution in [-0.4, -0.2) is 24.2 Å². The van der Waals surface area contributed by atoms with Crippen LogP contribution < -0.4 is 5.32 Å². The van der Waals surface area contributed by atoms with Crippen LogP contribution in [-0.2, 0) is 11.2 Å². The Balaban J connectivity index is 1.99. The first-order valence-corrected chi connectivity index (χ1v) is 7.36. The number of aliphatic hydroxyl groups is 1. The van der Waals surface area contributed by atoms with E-state index in [2.05, 4.69) is 16.8 Å². The Labute approximate surface area is 112 Å². The minimum atomic E-state index is -0.248. The van der Waals surface area contributed by atoms with Gasteiger partial charge in [-0.1, -0.05) is 13.8 Å². The van der Waals surface area contributed by atoms with Gasteiger partial charge in [-0.25, -0.2) is 0 Å². The summed E-state index contributed by atoms with van der Waals surface area (Å²) in [6, 6.07) is 2.08. The summed E-state index contributed by atoms with van der Waals surface area (Å²) in [5.41, 5.74) is 0.965. The number of hydrogen-bond donors (Lipinski definition) is 2. The lowest BCUT2D eigenvalue weighted by molar-refractivity contribution is -0.123. The van der Waals surface area contributed by atoms with E-state index in [-0.39, 0.29) is 23.8 Å². The van der Waals surface area contributed by atoms with Gasteiger partial charge < -0.3 is 10.4 Å². The Morgan fingerprint density at radius 2 is 2.39 bits per heavy atom. The molecule has 1 unspecified atom stereocenters. The molecule has 1 aliphatic carbocycles. The molecule has 2 rings (SSSR count). The summed E-state index contributed by atoms with van der Waals surface area (Å²) in [5.74, 6) is 0.116. The van der Waals surface area contributed by atoms with Gasteiger partial charge in [0.15, 0.2) is 0 Å². The zero-order valence-corrected chi connectivity index (χ0v) is 11.8. The maximum absolute atomic E-state index is 12.2. The number of nitrogens with one attached hydrogen (secondary N) is 1. The third kappa shape index (κ3) is 2.93. The summed E-state index contributed by atoms with van der Waals surface area (Å²) >= 11 is 1.75. The fraction of sp³-hybridized carbons (Fsp3) is 0.643. The molecule has 0 spiro atoms. The van der Waals surface area contributed by atoms with E-state index in [1.165, 1.54) is 10.4 Å². The molecule has 0 fully saturated rings. The minimum absolute atomic E-state index is 0.00879. The van der Waals surface area contributed by atoms with Crippen molar-refractivity contribution in [2.24, 2.45) is 5.41 Å². The molecule has 1 atom stereocenters. The number of hydrogen-bond acceptors (Lipinski definition) is 3. The quantitative estimate of drug-likeness (QED) is 0.879. The largest absolute Gasteiger partial charge is 0.396 e. The molecule has 1 amide bonds. The van der Waals surface area contributed by atoms with Crippen molar-refractivity contribution in [1.29, 1.82) is 0 Å². The second-order valence-electron chi connectivity index (χ2n) is 5.78. The zero-order chi connectivity index (χ0) is 13.2. The Bertz CT molecular complexity index is 425. The molecule has 1 heterocycles. The molecule has 1 aromatic rings. The summed E-state index contributed by atoms with van der Waals surface area (Å²) in [6.07, 6.45) is 3.14. The standard InChI is InChI=1S/C14H21NO2S/c1-14(2,9-16)8-15-13(17)11-4-3-5-12-10(11)6-7-18-12/h6-7,11,16H,3-5,8-9H2,1-2H3,(H,15,17). The van der Waals surface area contributed by atoms with Gasteiger partial charge in [-0.05, 0) is 36.3 Å². The third-order valence-corrected chi connectivity index (χ3v) is 4.53. The first kappa shape index (κ1) is 13.6. The minimum Gasteiger partial charge on any atom is -0.396 e. The molecule has 100 valence electrons. The number of thiophene rings is 1. The van der Waals surface area contributed by atoms with Crippen molar-refractivity contribution < 1.29 is 9.90 Å². The van der Waals surface area contributed by atoms with Crippen LogP contribution in [0.15, 0.2) is 11.4 Å². The van der Waals surface area contributed by atoms with Crippen molar-refractivity contribution in [1.82, 2.24) is 5.32 Å². The number of fused-ring (bicyclic) bond motifs is 1. The molecular formula is C14H21NO2S. The molecule has 1 aromatic heterocycles. The van der Waals surface area contributed by atoms with Crippen molar-refractivity contribution >= 4 is 17.2 Å². The molecule has 1 aliphatic rings. The highest BCUT2D eigenvalue weighted by Gasteiger charge is 2.28. The molecule has 0 radical (unpaired) electrons. The third-order valence-electron chi connectivity index (χ3n) is 3.54. The monoisotopic (exact) mass is 267 g/mol. The molecule has 18 heavy (non-hydrogen) atoms. The van der Waals surface area contributed by atoms with Gasteiger partial charge in [0.05, 0.1) is 5.92 Å². The number of aliphatic hydroxyl groups excluding tert-OH is 1. The fourth-order valence-corrected chi connectivity index (χ4v) is 3.25. The molecule has 0 aromatic carbocycles. The van der Waals surface area contributed by atoms with E-state index >= 15 is 0 Å². The molecular weight excluding hydrogens is 246 g/mol. The number of amides is 1. The second-order valence-corrected chi connectivity index (χ2v) is 6.78. The topological polar surface area (TPSA) is 49.3 Å². The highest BCUT2D eigenvalue weighted by atomic mass is 32.1. The first-order chi connectivity index (χ1) is 8.53.